The zero-order chi connectivity index (χ0) is 36.8. The first-order chi connectivity index (χ1) is 27.3. The van der Waals surface area contributed by atoms with Crippen molar-refractivity contribution in [2.24, 2.45) is 0 Å². The lowest BCUT2D eigenvalue weighted by Crippen LogP contribution is -2.11. The first kappa shape index (κ1) is 33.6. The standard InChI is InChI=1S/C52H39N3/c1-5-15-42(16-6-1)51-46-30-27-38(23-25-40-14-13-33-53-36-40)34-48(46)49-35-39(28-31-47(49)52(51)43-17-7-2-8-18-43)24-26-41-29-32-50(54-37-41)55(44-19-9-3-10-20-44)45-21-11-4-12-22-45/h1-35,37,53H,36H2/b25-23+,26-24+. The molecule has 0 unspecified atom stereocenters. The number of anilines is 3. The molecule has 0 bridgehead atoms. The van der Waals surface area contributed by atoms with Crippen LogP contribution >= 0.6 is 0 Å². The molecule has 8 aromatic rings. The van der Waals surface area contributed by atoms with Gasteiger partial charge in [0.2, 0.25) is 0 Å². The Morgan fingerprint density at radius 1 is 0.473 bits per heavy atom. The predicted molar refractivity (Wildman–Crippen MR) is 234 cm³/mol. The van der Waals surface area contributed by atoms with Crippen LogP contribution in [0, 0.1) is 0 Å². The molecular formula is C52H39N3. The van der Waals surface area contributed by atoms with Gasteiger partial charge >= 0.3 is 0 Å². The van der Waals surface area contributed by atoms with Crippen LogP contribution in [0.4, 0.5) is 17.2 Å². The highest BCUT2D eigenvalue weighted by Gasteiger charge is 2.18. The van der Waals surface area contributed by atoms with E-state index in [0.717, 1.165) is 34.9 Å². The van der Waals surface area contributed by atoms with E-state index in [1.54, 1.807) is 0 Å². The molecule has 0 aliphatic carbocycles. The Balaban J connectivity index is 1.15. The van der Waals surface area contributed by atoms with Gasteiger partial charge < -0.3 is 5.32 Å². The molecule has 0 radical (unpaired) electrons. The molecule has 0 amide bonds. The second-order valence-corrected chi connectivity index (χ2v) is 13.7. The quantitative estimate of drug-likeness (QED) is 0.152. The summed E-state index contributed by atoms with van der Waals surface area (Å²) in [6.07, 6.45) is 16.9. The van der Waals surface area contributed by atoms with Gasteiger partial charge in [-0.05, 0) is 127 Å². The van der Waals surface area contributed by atoms with Crippen LogP contribution in [0.3, 0.4) is 0 Å². The van der Waals surface area contributed by atoms with Crippen LogP contribution in [0.5, 0.6) is 0 Å². The number of hydrogen-bond donors (Lipinski definition) is 1. The van der Waals surface area contributed by atoms with Gasteiger partial charge in [-0.1, -0.05) is 152 Å². The maximum absolute atomic E-state index is 4.94. The summed E-state index contributed by atoms with van der Waals surface area (Å²) in [6.45, 7) is 0.828. The van der Waals surface area contributed by atoms with Crippen LogP contribution in [0.2, 0.25) is 0 Å². The molecule has 0 saturated carbocycles. The molecule has 1 aliphatic rings. The van der Waals surface area contributed by atoms with Crippen LogP contribution in [-0.4, -0.2) is 11.5 Å². The lowest BCUT2D eigenvalue weighted by Gasteiger charge is -2.24. The molecule has 1 aliphatic heterocycles. The number of benzene rings is 7. The molecule has 9 rings (SSSR count). The summed E-state index contributed by atoms with van der Waals surface area (Å²) in [5.41, 5.74) is 11.6. The smallest absolute Gasteiger partial charge is 0.137 e. The van der Waals surface area contributed by atoms with Crippen molar-refractivity contribution in [3.63, 3.8) is 0 Å². The summed E-state index contributed by atoms with van der Waals surface area (Å²) in [6, 6.07) is 60.4. The summed E-state index contributed by atoms with van der Waals surface area (Å²) in [7, 11) is 0. The monoisotopic (exact) mass is 705 g/mol. The minimum Gasteiger partial charge on any atom is -0.387 e. The van der Waals surface area contributed by atoms with E-state index in [1.807, 2.05) is 24.5 Å². The molecule has 0 spiro atoms. The van der Waals surface area contributed by atoms with Gasteiger partial charge in [-0.15, -0.1) is 0 Å². The number of aromatic nitrogens is 1. The van der Waals surface area contributed by atoms with Crippen LogP contribution in [-0.2, 0) is 0 Å². The van der Waals surface area contributed by atoms with E-state index in [2.05, 4.69) is 204 Å². The molecule has 7 aromatic carbocycles. The summed E-state index contributed by atoms with van der Waals surface area (Å²) < 4.78 is 0. The fraction of sp³-hybridized carbons (Fsp3) is 0.0192. The molecule has 1 aromatic heterocycles. The van der Waals surface area contributed by atoms with Crippen molar-refractivity contribution in [3.8, 4) is 22.3 Å². The molecule has 55 heavy (non-hydrogen) atoms. The SMILES string of the molecule is C1=CNCC(/C=C/c2ccc3c(-c4ccccc4)c(-c4ccccc4)c4ccc(/C=C/c5ccc(N(c6ccccc6)c6ccccc6)nc5)cc4c3c2)=C1. The molecule has 1 N–H and O–H groups in total. The number of hydrogen-bond acceptors (Lipinski definition) is 3. The lowest BCUT2D eigenvalue weighted by molar-refractivity contribution is 0.941. The van der Waals surface area contributed by atoms with E-state index in [9.17, 15) is 0 Å². The number of fused-ring (bicyclic) bond motifs is 3. The van der Waals surface area contributed by atoms with Crippen molar-refractivity contribution < 1.29 is 0 Å². The third kappa shape index (κ3) is 7.12. The average Bonchev–Trinajstić information content (AvgIpc) is 3.26. The lowest BCUT2D eigenvalue weighted by atomic mass is 9.84. The third-order valence-electron chi connectivity index (χ3n) is 10.1. The second kappa shape index (κ2) is 15.4. The van der Waals surface area contributed by atoms with E-state index < -0.39 is 0 Å². The molecule has 262 valence electrons. The topological polar surface area (TPSA) is 28.2 Å². The van der Waals surface area contributed by atoms with E-state index >= 15 is 0 Å². The summed E-state index contributed by atoms with van der Waals surface area (Å²) in [5, 5.41) is 8.23. The highest BCUT2D eigenvalue weighted by Crippen LogP contribution is 2.45. The third-order valence-corrected chi connectivity index (χ3v) is 10.1. The van der Waals surface area contributed by atoms with Crippen molar-refractivity contribution in [1.29, 1.82) is 0 Å². The van der Waals surface area contributed by atoms with Crippen molar-refractivity contribution in [1.82, 2.24) is 10.3 Å². The molecular weight excluding hydrogens is 667 g/mol. The zero-order valence-electron chi connectivity index (χ0n) is 30.4. The minimum absolute atomic E-state index is 0.828. The Hall–Kier alpha value is -7.23. The average molecular weight is 706 g/mol. The first-order valence-electron chi connectivity index (χ1n) is 18.7. The van der Waals surface area contributed by atoms with Gasteiger partial charge in [0.05, 0.1) is 0 Å². The number of dihydropyridines is 1. The van der Waals surface area contributed by atoms with Crippen LogP contribution in [0.15, 0.2) is 206 Å². The largest absolute Gasteiger partial charge is 0.387 e. The van der Waals surface area contributed by atoms with Crippen LogP contribution in [0.25, 0.3) is 62.0 Å². The highest BCUT2D eigenvalue weighted by molar-refractivity contribution is 6.22. The minimum atomic E-state index is 0.828. The molecule has 0 saturated heterocycles. The van der Waals surface area contributed by atoms with Crippen LogP contribution in [0.1, 0.15) is 16.7 Å². The van der Waals surface area contributed by atoms with E-state index in [4.69, 9.17) is 4.98 Å². The van der Waals surface area contributed by atoms with E-state index in [0.29, 0.717) is 0 Å². The molecule has 0 atom stereocenters. The van der Waals surface area contributed by atoms with Gasteiger partial charge in [-0.3, -0.25) is 4.90 Å². The summed E-state index contributed by atoms with van der Waals surface area (Å²) in [5.74, 6) is 0.867. The predicted octanol–water partition coefficient (Wildman–Crippen LogP) is 13.4. The Morgan fingerprint density at radius 3 is 1.45 bits per heavy atom. The maximum Gasteiger partial charge on any atom is 0.137 e. The summed E-state index contributed by atoms with van der Waals surface area (Å²) >= 11 is 0. The van der Waals surface area contributed by atoms with E-state index in [1.165, 1.54) is 54.9 Å². The maximum atomic E-state index is 4.94. The number of allylic oxidation sites excluding steroid dienone is 2. The van der Waals surface area contributed by atoms with Crippen molar-refractivity contribution in [2.45, 2.75) is 0 Å². The van der Waals surface area contributed by atoms with Gasteiger partial charge in [0.25, 0.3) is 0 Å². The Morgan fingerprint density at radius 2 is 0.964 bits per heavy atom. The van der Waals surface area contributed by atoms with Gasteiger partial charge in [-0.2, -0.15) is 0 Å². The second-order valence-electron chi connectivity index (χ2n) is 13.7. The van der Waals surface area contributed by atoms with Gasteiger partial charge in [0.15, 0.2) is 0 Å². The Labute approximate surface area is 322 Å². The molecule has 3 nitrogen and oxygen atoms in total. The molecule has 3 heteroatoms. The normalized spacial score (nSPS) is 12.7. The van der Waals surface area contributed by atoms with Crippen LogP contribution < -0.4 is 10.2 Å². The zero-order valence-corrected chi connectivity index (χ0v) is 30.4. The number of nitrogens with zero attached hydrogens (tertiary/aromatic N) is 2. The number of para-hydroxylation sites is 2. The number of nitrogens with one attached hydrogen (secondary N) is 1. The van der Waals surface area contributed by atoms with Gasteiger partial charge in [-0.25, -0.2) is 4.98 Å². The molecule has 0 fully saturated rings. The Bertz CT molecular complexity index is 2670. The van der Waals surface area contributed by atoms with Crippen molar-refractivity contribution >= 4 is 57.0 Å². The number of pyridine rings is 1. The van der Waals surface area contributed by atoms with Gasteiger partial charge in [0, 0.05) is 24.1 Å². The van der Waals surface area contributed by atoms with Gasteiger partial charge in [0.1, 0.15) is 5.82 Å². The Kier molecular flexibility index (Phi) is 9.41. The van der Waals surface area contributed by atoms with E-state index in [-0.39, 0.29) is 0 Å². The first-order valence-corrected chi connectivity index (χ1v) is 18.7. The fourth-order valence-electron chi connectivity index (χ4n) is 7.47. The van der Waals surface area contributed by atoms with Crippen molar-refractivity contribution in [2.75, 3.05) is 11.4 Å². The molecule has 2 heterocycles. The summed E-state index contributed by atoms with van der Waals surface area (Å²) in [4.78, 5) is 7.12. The highest BCUT2D eigenvalue weighted by atomic mass is 15.2. The van der Waals surface area contributed by atoms with Crippen molar-refractivity contribution in [3.05, 3.63) is 223 Å². The number of rotatable bonds is 9. The fourth-order valence-corrected chi connectivity index (χ4v) is 7.47.